The number of nitrogens with zero attached hydrogens (tertiary/aromatic N) is 3. The van der Waals surface area contributed by atoms with Crippen molar-refractivity contribution < 1.29 is 5.11 Å². The number of hydrogen-bond acceptors (Lipinski definition) is 3. The van der Waals surface area contributed by atoms with Crippen molar-refractivity contribution in [2.45, 2.75) is 66.2 Å². The zero-order chi connectivity index (χ0) is 37.9. The lowest BCUT2D eigenvalue weighted by Gasteiger charge is -2.27. The van der Waals surface area contributed by atoms with Gasteiger partial charge in [0, 0.05) is 40.2 Å². The Bertz CT molecular complexity index is 2700. The zero-order valence-corrected chi connectivity index (χ0v) is 32.5. The number of phenolic OH excluding ortho intramolecular Hbond substituents is 1. The van der Waals surface area contributed by atoms with Gasteiger partial charge in [-0.15, -0.1) is 0 Å². The maximum Gasteiger partial charge on any atom is 0.145 e. The van der Waals surface area contributed by atoms with Gasteiger partial charge in [-0.2, -0.15) is 0 Å². The first-order valence-corrected chi connectivity index (χ1v) is 18.8. The normalized spacial score (nSPS) is 12.1. The molecule has 3 aromatic heterocycles. The molecule has 1 N–H and O–H groups in total. The van der Waals surface area contributed by atoms with Crippen LogP contribution in [0.25, 0.3) is 72.4 Å². The minimum Gasteiger partial charge on any atom is -0.507 e. The smallest absolute Gasteiger partial charge is 0.145 e. The van der Waals surface area contributed by atoms with Gasteiger partial charge < -0.3 is 5.11 Å². The standard InChI is InChI=1S/C50H47N3O/c1-31-14-11-15-32(2)44(31)46-45(41-29-39(49(3,4)5)30-42(47(41)54)50(6,7)8)52-48-40(20-13-25-53(46)48)37-18-12-19-38(27-37)43-28-36(23-24-51-43)35-22-21-33-16-9-10-17-34(33)26-35/h9-30,54H,1-8H3. The van der Waals surface area contributed by atoms with Crippen LogP contribution < -0.4 is 0 Å². The van der Waals surface area contributed by atoms with Crippen molar-refractivity contribution in [1.82, 2.24) is 14.4 Å². The summed E-state index contributed by atoms with van der Waals surface area (Å²) in [7, 11) is 0. The second kappa shape index (κ2) is 13.1. The largest absolute Gasteiger partial charge is 0.507 e. The maximum absolute atomic E-state index is 12.2. The quantitative estimate of drug-likeness (QED) is 0.194. The molecule has 0 spiro atoms. The van der Waals surface area contributed by atoms with Crippen LogP contribution in [-0.2, 0) is 10.8 Å². The van der Waals surface area contributed by atoms with Crippen LogP contribution >= 0.6 is 0 Å². The van der Waals surface area contributed by atoms with Crippen LogP contribution in [0.3, 0.4) is 0 Å². The molecule has 0 saturated carbocycles. The number of phenols is 1. The molecule has 0 atom stereocenters. The van der Waals surface area contributed by atoms with Crippen LogP contribution in [0.2, 0.25) is 0 Å². The van der Waals surface area contributed by atoms with Crippen molar-refractivity contribution >= 4 is 16.4 Å². The molecule has 0 amide bonds. The fourth-order valence-electron chi connectivity index (χ4n) is 7.71. The maximum atomic E-state index is 12.2. The Hall–Kier alpha value is -6.00. The van der Waals surface area contributed by atoms with E-state index in [0.717, 1.165) is 83.9 Å². The number of benzene rings is 5. The van der Waals surface area contributed by atoms with Crippen LogP contribution in [-0.4, -0.2) is 19.5 Å². The highest BCUT2D eigenvalue weighted by Gasteiger charge is 2.29. The Balaban J connectivity index is 1.33. The number of aromatic nitrogens is 3. The minimum absolute atomic E-state index is 0.133. The molecule has 0 fully saturated rings. The summed E-state index contributed by atoms with van der Waals surface area (Å²) in [6, 6.07) is 42.9. The Morgan fingerprint density at radius 2 is 1.28 bits per heavy atom. The van der Waals surface area contributed by atoms with E-state index in [9.17, 15) is 5.11 Å². The average Bonchev–Trinajstić information content (AvgIpc) is 3.53. The number of rotatable bonds is 5. The second-order valence-electron chi connectivity index (χ2n) is 16.7. The van der Waals surface area contributed by atoms with Crippen molar-refractivity contribution in [3.8, 4) is 61.8 Å². The predicted octanol–water partition coefficient (Wildman–Crippen LogP) is 13.1. The van der Waals surface area contributed by atoms with Gasteiger partial charge in [0.05, 0.1) is 11.4 Å². The van der Waals surface area contributed by atoms with Gasteiger partial charge in [0.15, 0.2) is 0 Å². The number of hydrogen-bond donors (Lipinski definition) is 1. The van der Waals surface area contributed by atoms with Gasteiger partial charge in [-0.25, -0.2) is 4.98 Å². The lowest BCUT2D eigenvalue weighted by atomic mass is 9.78. The van der Waals surface area contributed by atoms with E-state index < -0.39 is 0 Å². The van der Waals surface area contributed by atoms with E-state index in [1.165, 1.54) is 10.8 Å². The van der Waals surface area contributed by atoms with E-state index in [2.05, 4.69) is 187 Å². The molecule has 0 unspecified atom stereocenters. The van der Waals surface area contributed by atoms with Gasteiger partial charge in [-0.05, 0) is 111 Å². The molecule has 0 radical (unpaired) electrons. The molecule has 0 aliphatic heterocycles. The molecule has 0 aliphatic carbocycles. The van der Waals surface area contributed by atoms with Gasteiger partial charge in [0.25, 0.3) is 0 Å². The zero-order valence-electron chi connectivity index (χ0n) is 32.5. The summed E-state index contributed by atoms with van der Waals surface area (Å²) in [4.78, 5) is 10.3. The van der Waals surface area contributed by atoms with Crippen LogP contribution in [0.1, 0.15) is 63.8 Å². The molecular formula is C50H47N3O. The Morgan fingerprint density at radius 3 is 2.02 bits per heavy atom. The Kier molecular flexibility index (Phi) is 8.53. The Labute approximate surface area is 318 Å². The molecule has 4 nitrogen and oxygen atoms in total. The van der Waals surface area contributed by atoms with Crippen LogP contribution in [0.15, 0.2) is 134 Å². The Morgan fingerprint density at radius 1 is 0.574 bits per heavy atom. The summed E-state index contributed by atoms with van der Waals surface area (Å²) in [5.74, 6) is 0.285. The van der Waals surface area contributed by atoms with Gasteiger partial charge in [-0.1, -0.05) is 120 Å². The van der Waals surface area contributed by atoms with Crippen LogP contribution in [0.5, 0.6) is 5.75 Å². The minimum atomic E-state index is -0.275. The van der Waals surface area contributed by atoms with E-state index in [-0.39, 0.29) is 16.6 Å². The molecule has 0 aliphatic rings. The molecule has 5 aromatic carbocycles. The highest BCUT2D eigenvalue weighted by atomic mass is 16.3. The highest BCUT2D eigenvalue weighted by Crippen LogP contribution is 2.46. The van der Waals surface area contributed by atoms with Crippen molar-refractivity contribution in [2.75, 3.05) is 0 Å². The second-order valence-corrected chi connectivity index (χ2v) is 16.7. The SMILES string of the molecule is Cc1cccc(C)c1-c1c(-c2cc(C(C)(C)C)cc(C(C)(C)C)c2O)nc2c(-c3cccc(-c4cc(-c5ccc6ccccc6c5)ccn4)c3)cccn12. The summed E-state index contributed by atoms with van der Waals surface area (Å²) in [6.07, 6.45) is 4.00. The van der Waals surface area contributed by atoms with Gasteiger partial charge >= 0.3 is 0 Å². The van der Waals surface area contributed by atoms with Gasteiger partial charge in [-0.3, -0.25) is 9.38 Å². The summed E-state index contributed by atoms with van der Waals surface area (Å²) < 4.78 is 2.21. The fourth-order valence-corrected chi connectivity index (χ4v) is 7.71. The molecule has 3 heterocycles. The van der Waals surface area contributed by atoms with Crippen LogP contribution in [0.4, 0.5) is 0 Å². The molecule has 0 saturated heterocycles. The third kappa shape index (κ3) is 6.26. The molecule has 54 heavy (non-hydrogen) atoms. The van der Waals surface area contributed by atoms with E-state index in [4.69, 9.17) is 9.97 Å². The summed E-state index contributed by atoms with van der Waals surface area (Å²) in [5.41, 5.74) is 14.7. The monoisotopic (exact) mass is 705 g/mol. The van der Waals surface area contributed by atoms with Crippen molar-refractivity contribution in [3.05, 3.63) is 156 Å². The predicted molar refractivity (Wildman–Crippen MR) is 226 cm³/mol. The summed E-state index contributed by atoms with van der Waals surface area (Å²) in [5, 5.41) is 14.6. The third-order valence-corrected chi connectivity index (χ3v) is 10.7. The number of aryl methyl sites for hydroxylation is 2. The first-order valence-electron chi connectivity index (χ1n) is 18.8. The molecule has 8 aromatic rings. The first kappa shape index (κ1) is 35.1. The fraction of sp³-hybridized carbons (Fsp3) is 0.200. The number of imidazole rings is 1. The molecule has 0 bridgehead atoms. The molecule has 8 rings (SSSR count). The van der Waals surface area contributed by atoms with Crippen LogP contribution in [0, 0.1) is 13.8 Å². The van der Waals surface area contributed by atoms with E-state index in [1.807, 2.05) is 6.20 Å². The first-order chi connectivity index (χ1) is 25.8. The number of fused-ring (bicyclic) bond motifs is 2. The lowest BCUT2D eigenvalue weighted by molar-refractivity contribution is 0.446. The average molecular weight is 706 g/mol. The van der Waals surface area contributed by atoms with Crippen molar-refractivity contribution in [1.29, 1.82) is 0 Å². The highest BCUT2D eigenvalue weighted by molar-refractivity contribution is 5.92. The van der Waals surface area contributed by atoms with Gasteiger partial charge in [0.1, 0.15) is 17.1 Å². The summed E-state index contributed by atoms with van der Waals surface area (Å²) >= 11 is 0. The van der Waals surface area contributed by atoms with Crippen molar-refractivity contribution in [3.63, 3.8) is 0 Å². The van der Waals surface area contributed by atoms with Crippen molar-refractivity contribution in [2.24, 2.45) is 0 Å². The number of pyridine rings is 2. The number of aromatic hydroxyl groups is 1. The topological polar surface area (TPSA) is 50.4 Å². The summed E-state index contributed by atoms with van der Waals surface area (Å²) in [6.45, 7) is 17.5. The molecule has 268 valence electrons. The van der Waals surface area contributed by atoms with E-state index >= 15 is 0 Å². The molecule has 4 heteroatoms. The molecular weight excluding hydrogens is 659 g/mol. The third-order valence-electron chi connectivity index (χ3n) is 10.7. The van der Waals surface area contributed by atoms with E-state index in [0.29, 0.717) is 0 Å². The lowest BCUT2D eigenvalue weighted by Crippen LogP contribution is -2.17. The van der Waals surface area contributed by atoms with Gasteiger partial charge in [0.2, 0.25) is 0 Å². The van der Waals surface area contributed by atoms with E-state index in [1.54, 1.807) is 0 Å².